The number of nitrogens with one attached hydrogen (secondary N) is 1. The first kappa shape index (κ1) is 15.8. The van der Waals surface area contributed by atoms with E-state index in [4.69, 9.17) is 16.3 Å². The average molecular weight is 361 g/mol. The van der Waals surface area contributed by atoms with Gasteiger partial charge in [-0.3, -0.25) is 4.79 Å². The number of ether oxygens (including phenoxy) is 1. The van der Waals surface area contributed by atoms with Crippen LogP contribution in [0, 0.1) is 0 Å². The third-order valence-corrected chi connectivity index (χ3v) is 4.71. The van der Waals surface area contributed by atoms with Gasteiger partial charge in [-0.25, -0.2) is 0 Å². The maximum Gasteiger partial charge on any atom is 0.251 e. The lowest BCUT2D eigenvalue weighted by atomic mass is 9.98. The van der Waals surface area contributed by atoms with Gasteiger partial charge in [0, 0.05) is 16.6 Å². The molecule has 1 N–H and O–H groups in total. The van der Waals surface area contributed by atoms with Crippen LogP contribution in [0.2, 0.25) is 5.02 Å². The van der Waals surface area contributed by atoms with Gasteiger partial charge >= 0.3 is 0 Å². The minimum atomic E-state index is -0.119. The Labute approximate surface area is 133 Å². The molecule has 1 aromatic carbocycles. The summed E-state index contributed by atoms with van der Waals surface area (Å²) in [6, 6.07) is 5.17. The average Bonchev–Trinajstić information content (AvgIpc) is 2.47. The van der Waals surface area contributed by atoms with E-state index in [0.717, 1.165) is 17.3 Å². The molecule has 1 aromatic rings. The number of amides is 1. The van der Waals surface area contributed by atoms with Gasteiger partial charge in [0.1, 0.15) is 0 Å². The molecule has 0 aromatic heterocycles. The second-order valence-corrected chi connectivity index (χ2v) is 6.28. The van der Waals surface area contributed by atoms with Crippen LogP contribution in [-0.4, -0.2) is 25.2 Å². The molecule has 110 valence electrons. The minimum absolute atomic E-state index is 0.119. The highest BCUT2D eigenvalue weighted by Crippen LogP contribution is 2.23. The van der Waals surface area contributed by atoms with E-state index in [-0.39, 0.29) is 5.91 Å². The summed E-state index contributed by atoms with van der Waals surface area (Å²) in [7, 11) is 0. The molecule has 0 spiro atoms. The lowest BCUT2D eigenvalue weighted by Gasteiger charge is -2.22. The Balaban J connectivity index is 1.70. The molecular weight excluding hydrogens is 342 g/mol. The number of hydrogen-bond acceptors (Lipinski definition) is 2. The Kier molecular flexibility index (Phi) is 6.33. The molecule has 0 unspecified atom stereocenters. The molecule has 0 heterocycles. The lowest BCUT2D eigenvalue weighted by molar-refractivity contribution is 0.0299. The molecule has 3 nitrogen and oxygen atoms in total. The Hall–Kier alpha value is -0.580. The second kappa shape index (κ2) is 8.01. The van der Waals surface area contributed by atoms with Gasteiger partial charge in [-0.15, -0.1) is 0 Å². The quantitative estimate of drug-likeness (QED) is 0.800. The number of carbonyl (C=O) groups excluding carboxylic acids is 1. The van der Waals surface area contributed by atoms with Crippen molar-refractivity contribution in [3.8, 4) is 0 Å². The summed E-state index contributed by atoms with van der Waals surface area (Å²) in [6.07, 6.45) is 6.51. The number of carbonyl (C=O) groups is 1. The predicted molar refractivity (Wildman–Crippen MR) is 84.3 cm³/mol. The molecule has 20 heavy (non-hydrogen) atoms. The molecule has 0 saturated heterocycles. The van der Waals surface area contributed by atoms with Crippen molar-refractivity contribution in [3.63, 3.8) is 0 Å². The van der Waals surface area contributed by atoms with Crippen LogP contribution in [0.5, 0.6) is 0 Å². The highest BCUT2D eigenvalue weighted by molar-refractivity contribution is 9.10. The highest BCUT2D eigenvalue weighted by Gasteiger charge is 2.13. The summed E-state index contributed by atoms with van der Waals surface area (Å²) in [5.41, 5.74) is 0.566. The van der Waals surface area contributed by atoms with Crippen molar-refractivity contribution in [3.05, 3.63) is 33.3 Å². The molecule has 1 aliphatic carbocycles. The number of rotatable bonds is 5. The number of benzene rings is 1. The second-order valence-electron chi connectivity index (χ2n) is 5.02. The van der Waals surface area contributed by atoms with Crippen molar-refractivity contribution in [2.45, 2.75) is 38.2 Å². The molecule has 0 bridgehead atoms. The maximum absolute atomic E-state index is 11.9. The van der Waals surface area contributed by atoms with Crippen LogP contribution < -0.4 is 5.32 Å². The normalized spacial score (nSPS) is 16.1. The Morgan fingerprint density at radius 1 is 1.35 bits per heavy atom. The van der Waals surface area contributed by atoms with E-state index in [2.05, 4.69) is 21.2 Å². The standard InChI is InChI=1S/C15H19BrClNO2/c16-13-7-6-11(10-14(13)17)15(19)18-8-9-20-12-4-2-1-3-5-12/h6-7,10,12H,1-5,8-9H2,(H,18,19). The Morgan fingerprint density at radius 3 is 2.80 bits per heavy atom. The molecular formula is C15H19BrClNO2. The fourth-order valence-corrected chi connectivity index (χ4v) is 2.79. The molecule has 0 atom stereocenters. The molecule has 1 amide bonds. The fourth-order valence-electron chi connectivity index (χ4n) is 2.36. The highest BCUT2D eigenvalue weighted by atomic mass is 79.9. The maximum atomic E-state index is 11.9. The van der Waals surface area contributed by atoms with Gasteiger partial charge in [0.2, 0.25) is 0 Å². The first-order chi connectivity index (χ1) is 9.66. The fraction of sp³-hybridized carbons (Fsp3) is 0.533. The Bertz CT molecular complexity index is 461. The summed E-state index contributed by atoms with van der Waals surface area (Å²) in [5, 5.41) is 3.39. The van der Waals surface area contributed by atoms with Crippen molar-refractivity contribution in [2.24, 2.45) is 0 Å². The molecule has 5 heteroatoms. The monoisotopic (exact) mass is 359 g/mol. The Morgan fingerprint density at radius 2 is 2.10 bits per heavy atom. The lowest BCUT2D eigenvalue weighted by Crippen LogP contribution is -2.29. The first-order valence-corrected chi connectivity index (χ1v) is 8.19. The van der Waals surface area contributed by atoms with E-state index in [1.807, 2.05) is 0 Å². The third kappa shape index (κ3) is 4.76. The zero-order chi connectivity index (χ0) is 14.4. The van der Waals surface area contributed by atoms with Crippen LogP contribution in [0.4, 0.5) is 0 Å². The third-order valence-electron chi connectivity index (χ3n) is 3.48. The topological polar surface area (TPSA) is 38.3 Å². The molecule has 0 radical (unpaired) electrons. The largest absolute Gasteiger partial charge is 0.376 e. The van der Waals surface area contributed by atoms with Gasteiger partial charge in [0.15, 0.2) is 0 Å². The minimum Gasteiger partial charge on any atom is -0.376 e. The summed E-state index contributed by atoms with van der Waals surface area (Å²) < 4.78 is 6.55. The van der Waals surface area contributed by atoms with Crippen LogP contribution in [0.15, 0.2) is 22.7 Å². The van der Waals surface area contributed by atoms with Crippen LogP contribution in [0.3, 0.4) is 0 Å². The van der Waals surface area contributed by atoms with Crippen molar-refractivity contribution in [1.29, 1.82) is 0 Å². The summed E-state index contributed by atoms with van der Waals surface area (Å²) >= 11 is 9.27. The molecule has 2 rings (SSSR count). The van der Waals surface area contributed by atoms with Crippen LogP contribution in [-0.2, 0) is 4.74 Å². The summed E-state index contributed by atoms with van der Waals surface area (Å²) in [6.45, 7) is 1.10. The van der Waals surface area contributed by atoms with Gasteiger partial charge in [0.25, 0.3) is 5.91 Å². The van der Waals surface area contributed by atoms with Crippen LogP contribution in [0.25, 0.3) is 0 Å². The number of halogens is 2. The number of hydrogen-bond donors (Lipinski definition) is 1. The molecule has 0 aliphatic heterocycles. The van der Waals surface area contributed by atoms with Gasteiger partial charge in [-0.1, -0.05) is 30.9 Å². The molecule has 1 aliphatic rings. The zero-order valence-corrected chi connectivity index (χ0v) is 13.7. The van der Waals surface area contributed by atoms with Gasteiger partial charge in [-0.2, -0.15) is 0 Å². The summed E-state index contributed by atoms with van der Waals surface area (Å²) in [4.78, 5) is 11.9. The van der Waals surface area contributed by atoms with Gasteiger partial charge in [-0.05, 0) is 47.0 Å². The van der Waals surface area contributed by atoms with E-state index in [0.29, 0.717) is 29.8 Å². The van der Waals surface area contributed by atoms with Crippen LogP contribution >= 0.6 is 27.5 Å². The van der Waals surface area contributed by atoms with Crippen molar-refractivity contribution in [2.75, 3.05) is 13.2 Å². The van der Waals surface area contributed by atoms with Crippen molar-refractivity contribution >= 4 is 33.4 Å². The summed E-state index contributed by atoms with van der Waals surface area (Å²) in [5.74, 6) is -0.119. The zero-order valence-electron chi connectivity index (χ0n) is 11.3. The van der Waals surface area contributed by atoms with Gasteiger partial charge < -0.3 is 10.1 Å². The van der Waals surface area contributed by atoms with Crippen molar-refractivity contribution in [1.82, 2.24) is 5.32 Å². The molecule has 1 fully saturated rings. The van der Waals surface area contributed by atoms with E-state index in [9.17, 15) is 4.79 Å². The van der Waals surface area contributed by atoms with E-state index in [1.165, 1.54) is 19.3 Å². The van der Waals surface area contributed by atoms with E-state index >= 15 is 0 Å². The first-order valence-electron chi connectivity index (χ1n) is 7.01. The smallest absolute Gasteiger partial charge is 0.251 e. The van der Waals surface area contributed by atoms with Crippen molar-refractivity contribution < 1.29 is 9.53 Å². The van der Waals surface area contributed by atoms with E-state index in [1.54, 1.807) is 18.2 Å². The van der Waals surface area contributed by atoms with Crippen LogP contribution in [0.1, 0.15) is 42.5 Å². The van der Waals surface area contributed by atoms with E-state index < -0.39 is 0 Å². The molecule has 1 saturated carbocycles. The predicted octanol–water partition coefficient (Wildman–Crippen LogP) is 4.18. The van der Waals surface area contributed by atoms with Gasteiger partial charge in [0.05, 0.1) is 17.7 Å². The SMILES string of the molecule is O=C(NCCOC1CCCCC1)c1ccc(Br)c(Cl)c1.